The van der Waals surface area contributed by atoms with Crippen LogP contribution in [0, 0.1) is 11.6 Å². The van der Waals surface area contributed by atoms with E-state index in [0.29, 0.717) is 12.1 Å². The molecule has 6 heteroatoms. The molecule has 1 aliphatic rings. The highest BCUT2D eigenvalue weighted by Crippen LogP contribution is 2.18. The lowest BCUT2D eigenvalue weighted by Crippen LogP contribution is -2.45. The summed E-state index contributed by atoms with van der Waals surface area (Å²) in [6.07, 6.45) is 2.19. The van der Waals surface area contributed by atoms with Crippen LogP contribution in [-0.2, 0) is 17.8 Å². The molecular formula is C19H23F2N3O. The number of rotatable bonds is 5. The molecule has 0 aliphatic carbocycles. The quantitative estimate of drug-likeness (QED) is 0.901. The number of aromatic nitrogens is 1. The van der Waals surface area contributed by atoms with Crippen LogP contribution in [0.4, 0.5) is 14.6 Å². The summed E-state index contributed by atoms with van der Waals surface area (Å²) in [4.78, 5) is 6.75. The molecule has 1 aliphatic heterocycles. The molecule has 1 N–H and O–H groups in total. The van der Waals surface area contributed by atoms with Crippen molar-refractivity contribution in [1.29, 1.82) is 0 Å². The second kappa shape index (κ2) is 7.89. The number of benzene rings is 1. The summed E-state index contributed by atoms with van der Waals surface area (Å²) in [7, 11) is 0. The van der Waals surface area contributed by atoms with Crippen LogP contribution in [0.3, 0.4) is 0 Å². The number of nitrogens with one attached hydrogen (secondary N) is 1. The zero-order valence-corrected chi connectivity index (χ0v) is 14.5. The van der Waals surface area contributed by atoms with Crippen molar-refractivity contribution < 1.29 is 13.5 Å². The van der Waals surface area contributed by atoms with E-state index in [4.69, 9.17) is 4.74 Å². The van der Waals surface area contributed by atoms with Gasteiger partial charge in [-0.2, -0.15) is 0 Å². The van der Waals surface area contributed by atoms with Crippen molar-refractivity contribution in [3.8, 4) is 0 Å². The highest BCUT2D eigenvalue weighted by atomic mass is 19.1. The van der Waals surface area contributed by atoms with Gasteiger partial charge in [0.15, 0.2) is 0 Å². The van der Waals surface area contributed by atoms with Crippen LogP contribution in [-0.4, -0.2) is 30.3 Å². The Balaban J connectivity index is 1.55. The molecule has 1 aromatic heterocycles. The van der Waals surface area contributed by atoms with Crippen LogP contribution < -0.4 is 10.2 Å². The Hall–Kier alpha value is -2.05. The highest BCUT2D eigenvalue weighted by Gasteiger charge is 2.22. The fraction of sp³-hybridized carbons (Fsp3) is 0.421. The summed E-state index contributed by atoms with van der Waals surface area (Å²) >= 11 is 0. The number of hydrogen-bond acceptors (Lipinski definition) is 4. The number of pyridine rings is 1. The molecule has 4 nitrogen and oxygen atoms in total. The number of nitrogens with zero attached hydrogens (tertiary/aromatic N) is 2. The van der Waals surface area contributed by atoms with Crippen LogP contribution >= 0.6 is 0 Å². The first kappa shape index (κ1) is 17.8. The number of hydrogen-bond donors (Lipinski definition) is 1. The highest BCUT2D eigenvalue weighted by molar-refractivity contribution is 5.40. The van der Waals surface area contributed by atoms with Crippen molar-refractivity contribution in [2.24, 2.45) is 0 Å². The first-order chi connectivity index (χ1) is 12.0. The number of anilines is 1. The fourth-order valence-electron chi connectivity index (χ4n) is 3.09. The van der Waals surface area contributed by atoms with E-state index in [-0.39, 0.29) is 18.8 Å². The third-order valence-electron chi connectivity index (χ3n) is 4.21. The first-order valence-electron chi connectivity index (χ1n) is 8.51. The van der Waals surface area contributed by atoms with Crippen molar-refractivity contribution in [1.82, 2.24) is 10.3 Å². The monoisotopic (exact) mass is 347 g/mol. The molecule has 0 radical (unpaired) electrons. The van der Waals surface area contributed by atoms with Crippen molar-refractivity contribution >= 4 is 5.82 Å². The molecule has 1 fully saturated rings. The lowest BCUT2D eigenvalue weighted by molar-refractivity contribution is -0.00545. The maximum Gasteiger partial charge on any atom is 0.128 e. The molecule has 2 aromatic rings. The van der Waals surface area contributed by atoms with Gasteiger partial charge in [0, 0.05) is 37.9 Å². The maximum absolute atomic E-state index is 13.6. The van der Waals surface area contributed by atoms with Crippen molar-refractivity contribution in [3.05, 3.63) is 59.3 Å². The van der Waals surface area contributed by atoms with Gasteiger partial charge in [-0.1, -0.05) is 6.07 Å². The van der Waals surface area contributed by atoms with Crippen LogP contribution in [0.15, 0.2) is 36.5 Å². The average Bonchev–Trinajstić information content (AvgIpc) is 2.58. The van der Waals surface area contributed by atoms with Gasteiger partial charge in [-0.15, -0.1) is 0 Å². The number of morpholine rings is 1. The third-order valence-corrected chi connectivity index (χ3v) is 4.21. The van der Waals surface area contributed by atoms with Crippen LogP contribution in [0.5, 0.6) is 0 Å². The molecule has 3 rings (SSSR count). The van der Waals surface area contributed by atoms with Gasteiger partial charge in [0.2, 0.25) is 0 Å². The zero-order chi connectivity index (χ0) is 17.8. The van der Waals surface area contributed by atoms with Gasteiger partial charge in [0.25, 0.3) is 0 Å². The molecule has 2 atom stereocenters. The van der Waals surface area contributed by atoms with Crippen LogP contribution in [0.25, 0.3) is 0 Å². The summed E-state index contributed by atoms with van der Waals surface area (Å²) in [5, 5.41) is 3.12. The van der Waals surface area contributed by atoms with E-state index in [1.165, 1.54) is 6.07 Å². The Kier molecular flexibility index (Phi) is 5.60. The summed E-state index contributed by atoms with van der Waals surface area (Å²) in [6.45, 7) is 6.59. The minimum Gasteiger partial charge on any atom is -0.372 e. The lowest BCUT2D eigenvalue weighted by Gasteiger charge is -2.36. The van der Waals surface area contributed by atoms with E-state index in [0.717, 1.165) is 36.6 Å². The number of halogens is 2. The van der Waals surface area contributed by atoms with Gasteiger partial charge in [-0.3, -0.25) is 0 Å². The molecule has 134 valence electrons. The Morgan fingerprint density at radius 2 is 1.88 bits per heavy atom. The Morgan fingerprint density at radius 1 is 1.12 bits per heavy atom. The molecule has 0 spiro atoms. The van der Waals surface area contributed by atoms with Gasteiger partial charge in [-0.05, 0) is 43.7 Å². The molecular weight excluding hydrogens is 324 g/mol. The summed E-state index contributed by atoms with van der Waals surface area (Å²) in [5.41, 5.74) is 1.32. The van der Waals surface area contributed by atoms with Crippen LogP contribution in [0.1, 0.15) is 25.0 Å². The molecule has 1 saturated heterocycles. The van der Waals surface area contributed by atoms with E-state index >= 15 is 0 Å². The fourth-order valence-corrected chi connectivity index (χ4v) is 3.09. The van der Waals surface area contributed by atoms with Gasteiger partial charge >= 0.3 is 0 Å². The Morgan fingerprint density at radius 3 is 2.56 bits per heavy atom. The van der Waals surface area contributed by atoms with Gasteiger partial charge in [0.1, 0.15) is 17.5 Å². The largest absolute Gasteiger partial charge is 0.372 e. The zero-order valence-electron chi connectivity index (χ0n) is 14.5. The molecule has 25 heavy (non-hydrogen) atoms. The van der Waals surface area contributed by atoms with Crippen molar-refractivity contribution in [3.63, 3.8) is 0 Å². The van der Waals surface area contributed by atoms with Gasteiger partial charge in [-0.25, -0.2) is 13.8 Å². The minimum absolute atomic E-state index is 0.188. The van der Waals surface area contributed by atoms with Crippen molar-refractivity contribution in [2.75, 3.05) is 18.0 Å². The van der Waals surface area contributed by atoms with E-state index in [2.05, 4.69) is 29.0 Å². The predicted molar refractivity (Wildman–Crippen MR) is 93.4 cm³/mol. The molecule has 0 saturated carbocycles. The van der Waals surface area contributed by atoms with E-state index in [1.54, 1.807) is 0 Å². The van der Waals surface area contributed by atoms with Crippen molar-refractivity contribution in [2.45, 2.75) is 39.1 Å². The predicted octanol–water partition coefficient (Wildman–Crippen LogP) is 3.26. The lowest BCUT2D eigenvalue weighted by atomic mass is 10.2. The topological polar surface area (TPSA) is 37.4 Å². The van der Waals surface area contributed by atoms with Crippen LogP contribution in [0.2, 0.25) is 0 Å². The average molecular weight is 347 g/mol. The standard InChI is InChI=1S/C19H23F2N3O/c1-13-11-24(12-14(2)25-13)19-6-3-15(9-23-19)8-22-10-16-7-17(20)4-5-18(16)21/h3-7,9,13-14,22H,8,10-12H2,1-2H3. The summed E-state index contributed by atoms with van der Waals surface area (Å²) in [6, 6.07) is 7.47. The Bertz CT molecular complexity index is 698. The van der Waals surface area contributed by atoms with Gasteiger partial charge < -0.3 is 15.0 Å². The second-order valence-electron chi connectivity index (χ2n) is 6.53. The molecule has 2 heterocycles. The maximum atomic E-state index is 13.6. The Labute approximate surface area is 146 Å². The molecule has 2 unspecified atom stereocenters. The third kappa shape index (κ3) is 4.74. The summed E-state index contributed by atoms with van der Waals surface area (Å²) in [5.74, 6) is 0.0954. The van der Waals surface area contributed by atoms with Gasteiger partial charge in [0.05, 0.1) is 12.2 Å². The van der Waals surface area contributed by atoms with E-state index in [1.807, 2.05) is 18.3 Å². The summed E-state index contributed by atoms with van der Waals surface area (Å²) < 4.78 is 32.5. The normalized spacial score (nSPS) is 20.7. The van der Waals surface area contributed by atoms with E-state index < -0.39 is 11.6 Å². The number of ether oxygens (including phenoxy) is 1. The first-order valence-corrected chi connectivity index (χ1v) is 8.51. The SMILES string of the molecule is CC1CN(c2ccc(CNCc3cc(F)ccc3F)cn2)CC(C)O1. The molecule has 0 amide bonds. The molecule has 1 aromatic carbocycles. The second-order valence-corrected chi connectivity index (χ2v) is 6.53. The van der Waals surface area contributed by atoms with E-state index in [9.17, 15) is 8.78 Å². The smallest absolute Gasteiger partial charge is 0.128 e. The minimum atomic E-state index is -0.432. The molecule has 0 bridgehead atoms.